The van der Waals surface area contributed by atoms with Crippen LogP contribution >= 0.6 is 0 Å². The smallest absolute Gasteiger partial charge is 0.0353 e. The number of hydrogen-bond acceptors (Lipinski definition) is 0. The van der Waals surface area contributed by atoms with Crippen LogP contribution in [0.5, 0.6) is 0 Å². The topological polar surface area (TPSA) is 0 Å². The maximum atomic E-state index is 5.14. The monoisotopic (exact) mass is 104 g/mol. The predicted molar refractivity (Wildman–Crippen MR) is 33.9 cm³/mol. The maximum absolute atomic E-state index is 5.14. The molecule has 1 saturated carbocycles. The van der Waals surface area contributed by atoms with E-state index in [0.29, 0.717) is 11.8 Å². The molecule has 40 valence electrons. The van der Waals surface area contributed by atoms with Gasteiger partial charge in [-0.05, 0) is 13.3 Å². The fraction of sp³-hybridized carbons (Fsp3) is 0.500. The van der Waals surface area contributed by atoms with E-state index < -0.39 is 0 Å². The van der Waals surface area contributed by atoms with Gasteiger partial charge in [0.2, 0.25) is 0 Å². The molecule has 0 saturated heterocycles. The van der Waals surface area contributed by atoms with Crippen LogP contribution < -0.4 is 0 Å². The molecule has 0 aliphatic heterocycles. The van der Waals surface area contributed by atoms with Gasteiger partial charge in [0.25, 0.3) is 0 Å². The summed E-state index contributed by atoms with van der Waals surface area (Å²) in [6.45, 7) is 1.85. The SMILES string of the molecule is C#CC1CC1C#CC. The predicted octanol–water partition coefficient (Wildman–Crippen LogP) is 1.28. The lowest BCUT2D eigenvalue weighted by molar-refractivity contribution is 1.06. The minimum absolute atomic E-state index is 0.474. The Morgan fingerprint density at radius 2 is 2.25 bits per heavy atom. The summed E-state index contributed by atoms with van der Waals surface area (Å²) in [5.74, 6) is 9.55. The van der Waals surface area contributed by atoms with E-state index in [1.807, 2.05) is 6.92 Å². The van der Waals surface area contributed by atoms with Crippen molar-refractivity contribution in [2.45, 2.75) is 13.3 Å². The Kier molecular flexibility index (Phi) is 1.27. The summed E-state index contributed by atoms with van der Waals surface area (Å²) in [5.41, 5.74) is 0. The van der Waals surface area contributed by atoms with E-state index in [1.54, 1.807) is 0 Å². The number of hydrogen-bond donors (Lipinski definition) is 0. The van der Waals surface area contributed by atoms with E-state index in [9.17, 15) is 0 Å². The van der Waals surface area contributed by atoms with Crippen LogP contribution in [-0.4, -0.2) is 0 Å². The zero-order valence-electron chi connectivity index (χ0n) is 4.94. The Morgan fingerprint density at radius 1 is 1.50 bits per heavy atom. The molecule has 8 heavy (non-hydrogen) atoms. The largest absolute Gasteiger partial charge is 0.120 e. The van der Waals surface area contributed by atoms with Crippen molar-refractivity contribution in [1.29, 1.82) is 0 Å². The second-order valence-corrected chi connectivity index (χ2v) is 2.01. The second kappa shape index (κ2) is 1.93. The Bertz CT molecular complexity index is 172. The summed E-state index contributed by atoms with van der Waals surface area (Å²) in [4.78, 5) is 0. The van der Waals surface area contributed by atoms with E-state index in [4.69, 9.17) is 6.42 Å². The molecule has 0 aromatic heterocycles. The molecule has 1 fully saturated rings. The molecule has 2 atom stereocenters. The van der Waals surface area contributed by atoms with Crippen LogP contribution in [0.1, 0.15) is 13.3 Å². The van der Waals surface area contributed by atoms with Crippen molar-refractivity contribution in [3.05, 3.63) is 0 Å². The van der Waals surface area contributed by atoms with E-state index in [0.717, 1.165) is 6.42 Å². The zero-order valence-corrected chi connectivity index (χ0v) is 4.94. The fourth-order valence-electron chi connectivity index (χ4n) is 0.724. The molecule has 0 heterocycles. The van der Waals surface area contributed by atoms with E-state index >= 15 is 0 Å². The molecular weight excluding hydrogens is 96.1 g/mol. The summed E-state index contributed by atoms with van der Waals surface area (Å²) in [6.07, 6.45) is 6.26. The molecule has 0 spiro atoms. The third-order valence-corrected chi connectivity index (χ3v) is 1.33. The Morgan fingerprint density at radius 3 is 2.62 bits per heavy atom. The highest BCUT2D eigenvalue weighted by Gasteiger charge is 2.33. The molecule has 0 aromatic rings. The van der Waals surface area contributed by atoms with Crippen LogP contribution in [0.2, 0.25) is 0 Å². The van der Waals surface area contributed by atoms with E-state index in [-0.39, 0.29) is 0 Å². The highest BCUT2D eigenvalue weighted by Crippen LogP contribution is 2.36. The Balaban J connectivity index is 2.37. The van der Waals surface area contributed by atoms with Crippen molar-refractivity contribution in [2.75, 3.05) is 0 Å². The maximum Gasteiger partial charge on any atom is 0.0353 e. The Hall–Kier alpha value is -0.880. The van der Waals surface area contributed by atoms with Crippen molar-refractivity contribution < 1.29 is 0 Å². The molecular formula is C8H8. The van der Waals surface area contributed by atoms with Gasteiger partial charge in [-0.25, -0.2) is 0 Å². The van der Waals surface area contributed by atoms with Gasteiger partial charge >= 0.3 is 0 Å². The van der Waals surface area contributed by atoms with Crippen LogP contribution in [0.25, 0.3) is 0 Å². The van der Waals surface area contributed by atoms with E-state index in [1.165, 1.54) is 0 Å². The van der Waals surface area contributed by atoms with Crippen LogP contribution in [0.15, 0.2) is 0 Å². The summed E-state index contributed by atoms with van der Waals surface area (Å²) in [7, 11) is 0. The minimum Gasteiger partial charge on any atom is -0.120 e. The molecule has 0 heteroatoms. The van der Waals surface area contributed by atoms with Crippen molar-refractivity contribution in [2.24, 2.45) is 11.8 Å². The second-order valence-electron chi connectivity index (χ2n) is 2.01. The van der Waals surface area contributed by atoms with Gasteiger partial charge in [0, 0.05) is 11.8 Å². The lowest BCUT2D eigenvalue weighted by Crippen LogP contribution is -1.69. The van der Waals surface area contributed by atoms with Crippen LogP contribution in [0, 0.1) is 36.0 Å². The molecule has 2 unspecified atom stereocenters. The highest BCUT2D eigenvalue weighted by atomic mass is 14.3. The average Bonchev–Trinajstić information content (AvgIpc) is 2.48. The molecule has 0 nitrogen and oxygen atoms in total. The normalized spacial score (nSPS) is 32.0. The summed E-state index contributed by atoms with van der Waals surface area (Å²) >= 11 is 0. The molecule has 0 radical (unpaired) electrons. The summed E-state index contributed by atoms with van der Waals surface area (Å²) in [6, 6.07) is 0. The minimum atomic E-state index is 0.474. The van der Waals surface area contributed by atoms with Crippen molar-refractivity contribution in [1.82, 2.24) is 0 Å². The first-order valence-electron chi connectivity index (χ1n) is 2.77. The molecule has 0 bridgehead atoms. The first-order chi connectivity index (χ1) is 3.88. The number of terminal acetylenes is 1. The quantitative estimate of drug-likeness (QED) is 0.406. The van der Waals surface area contributed by atoms with Gasteiger partial charge in [0.05, 0.1) is 0 Å². The van der Waals surface area contributed by atoms with Gasteiger partial charge in [-0.3, -0.25) is 0 Å². The van der Waals surface area contributed by atoms with E-state index in [2.05, 4.69) is 17.8 Å². The molecule has 0 N–H and O–H groups in total. The summed E-state index contributed by atoms with van der Waals surface area (Å²) in [5, 5.41) is 0. The molecule has 0 amide bonds. The lowest BCUT2D eigenvalue weighted by Gasteiger charge is -1.71. The van der Waals surface area contributed by atoms with Gasteiger partial charge in [0.1, 0.15) is 0 Å². The highest BCUT2D eigenvalue weighted by molar-refractivity contribution is 5.19. The van der Waals surface area contributed by atoms with Gasteiger partial charge < -0.3 is 0 Å². The van der Waals surface area contributed by atoms with Gasteiger partial charge in [-0.15, -0.1) is 18.3 Å². The average molecular weight is 104 g/mol. The van der Waals surface area contributed by atoms with Gasteiger partial charge in [-0.2, -0.15) is 0 Å². The van der Waals surface area contributed by atoms with Gasteiger partial charge in [-0.1, -0.05) is 5.92 Å². The summed E-state index contributed by atoms with van der Waals surface area (Å²) < 4.78 is 0. The molecule has 0 aromatic carbocycles. The van der Waals surface area contributed by atoms with Crippen LogP contribution in [-0.2, 0) is 0 Å². The Labute approximate surface area is 50.3 Å². The molecule has 1 rings (SSSR count). The first kappa shape index (κ1) is 5.26. The van der Waals surface area contributed by atoms with Crippen molar-refractivity contribution in [3.8, 4) is 24.2 Å². The fourth-order valence-corrected chi connectivity index (χ4v) is 0.724. The zero-order chi connectivity index (χ0) is 5.98. The third kappa shape index (κ3) is 0.849. The molecule has 1 aliphatic carbocycles. The first-order valence-corrected chi connectivity index (χ1v) is 2.77. The van der Waals surface area contributed by atoms with Crippen LogP contribution in [0.4, 0.5) is 0 Å². The standard InChI is InChI=1S/C8H8/c1-3-5-8-6-7(8)4-2/h2,7-8H,6H2,1H3. The third-order valence-electron chi connectivity index (χ3n) is 1.33. The number of rotatable bonds is 0. The van der Waals surface area contributed by atoms with Crippen molar-refractivity contribution >= 4 is 0 Å². The molecule has 1 aliphatic rings. The van der Waals surface area contributed by atoms with Gasteiger partial charge in [0.15, 0.2) is 0 Å². The lowest BCUT2D eigenvalue weighted by atomic mass is 10.3. The van der Waals surface area contributed by atoms with Crippen molar-refractivity contribution in [3.63, 3.8) is 0 Å². The van der Waals surface area contributed by atoms with Crippen LogP contribution in [0.3, 0.4) is 0 Å².